The molecule has 1 rings (SSSR count). The van der Waals surface area contributed by atoms with E-state index >= 15 is 0 Å². The molecule has 6 heteroatoms. The van der Waals surface area contributed by atoms with Gasteiger partial charge in [-0.1, -0.05) is 17.3 Å². The Hall–Kier alpha value is -2.07. The van der Waals surface area contributed by atoms with Crippen LogP contribution >= 0.6 is 0 Å². The molecule has 0 heterocycles. The fourth-order valence-corrected chi connectivity index (χ4v) is 1.22. The molecular formula is C11H11F2N3O. The van der Waals surface area contributed by atoms with Crippen molar-refractivity contribution in [2.24, 2.45) is 5.11 Å². The van der Waals surface area contributed by atoms with E-state index in [9.17, 15) is 8.78 Å². The molecule has 90 valence electrons. The smallest absolute Gasteiger partial charge is 0.201 e. The van der Waals surface area contributed by atoms with Gasteiger partial charge < -0.3 is 4.74 Å². The van der Waals surface area contributed by atoms with Crippen molar-refractivity contribution in [1.82, 2.24) is 0 Å². The standard InChI is InChI=1S/C11H11F2N3O/c1-17-9-6-5-8(10(12)11(9)13)4-2-3-7-15-16-14/h2,4-6H,3,7H2,1H3. The van der Waals surface area contributed by atoms with Crippen LogP contribution in [0.25, 0.3) is 16.5 Å². The van der Waals surface area contributed by atoms with Gasteiger partial charge >= 0.3 is 0 Å². The second kappa shape index (κ2) is 6.50. The van der Waals surface area contributed by atoms with Crippen molar-refractivity contribution in [2.45, 2.75) is 6.42 Å². The molecule has 0 bridgehead atoms. The van der Waals surface area contributed by atoms with Crippen molar-refractivity contribution in [3.63, 3.8) is 0 Å². The predicted octanol–water partition coefficient (Wildman–Crippen LogP) is 3.69. The van der Waals surface area contributed by atoms with E-state index in [-0.39, 0.29) is 17.9 Å². The largest absolute Gasteiger partial charge is 0.494 e. The molecule has 0 unspecified atom stereocenters. The van der Waals surface area contributed by atoms with E-state index in [1.807, 2.05) is 0 Å². The zero-order valence-electron chi connectivity index (χ0n) is 9.23. The van der Waals surface area contributed by atoms with E-state index in [1.165, 1.54) is 25.3 Å². The van der Waals surface area contributed by atoms with Crippen molar-refractivity contribution in [3.8, 4) is 5.75 Å². The van der Waals surface area contributed by atoms with Gasteiger partial charge in [0.1, 0.15) is 0 Å². The summed E-state index contributed by atoms with van der Waals surface area (Å²) >= 11 is 0. The summed E-state index contributed by atoms with van der Waals surface area (Å²) in [5.41, 5.74) is 8.16. The maximum Gasteiger partial charge on any atom is 0.201 e. The highest BCUT2D eigenvalue weighted by molar-refractivity contribution is 5.52. The van der Waals surface area contributed by atoms with Crippen LogP contribution < -0.4 is 4.74 Å². The van der Waals surface area contributed by atoms with E-state index in [0.717, 1.165) is 0 Å². The molecule has 4 nitrogen and oxygen atoms in total. The van der Waals surface area contributed by atoms with E-state index in [4.69, 9.17) is 5.53 Å². The SMILES string of the molecule is COc1ccc(C=CCCN=[N+]=[N-])c(F)c1F. The Kier molecular flexibility index (Phi) is 4.97. The Labute approximate surface area is 97.1 Å². The fraction of sp³-hybridized carbons (Fsp3) is 0.273. The Morgan fingerprint density at radius 2 is 2.18 bits per heavy atom. The van der Waals surface area contributed by atoms with Crippen LogP contribution in [0.1, 0.15) is 12.0 Å². The van der Waals surface area contributed by atoms with Crippen molar-refractivity contribution < 1.29 is 13.5 Å². The van der Waals surface area contributed by atoms with Crippen molar-refractivity contribution in [2.75, 3.05) is 13.7 Å². The predicted molar refractivity (Wildman–Crippen MR) is 60.6 cm³/mol. The summed E-state index contributed by atoms with van der Waals surface area (Å²) in [5.74, 6) is -2.09. The normalized spacial score (nSPS) is 10.3. The lowest BCUT2D eigenvalue weighted by atomic mass is 10.1. The molecule has 1 aromatic carbocycles. The Morgan fingerprint density at radius 1 is 1.41 bits per heavy atom. The number of ether oxygens (including phenoxy) is 1. The van der Waals surface area contributed by atoms with Crippen molar-refractivity contribution in [1.29, 1.82) is 0 Å². The highest BCUT2D eigenvalue weighted by Crippen LogP contribution is 2.23. The minimum absolute atomic E-state index is 0.129. The molecule has 0 amide bonds. The number of azide groups is 1. The monoisotopic (exact) mass is 239 g/mol. The molecular weight excluding hydrogens is 228 g/mol. The molecule has 0 N–H and O–H groups in total. The van der Waals surface area contributed by atoms with E-state index in [2.05, 4.69) is 14.8 Å². The molecule has 0 saturated carbocycles. The average Bonchev–Trinajstić information content (AvgIpc) is 2.34. The lowest BCUT2D eigenvalue weighted by Gasteiger charge is -2.04. The van der Waals surface area contributed by atoms with Crippen LogP contribution in [0.5, 0.6) is 5.75 Å². The summed E-state index contributed by atoms with van der Waals surface area (Å²) in [6, 6.07) is 2.77. The second-order valence-corrected chi connectivity index (χ2v) is 3.13. The molecule has 1 aromatic rings. The van der Waals surface area contributed by atoms with Gasteiger partial charge in [0.05, 0.1) is 7.11 Å². The first-order chi connectivity index (χ1) is 8.20. The van der Waals surface area contributed by atoms with Gasteiger partial charge in [-0.2, -0.15) is 4.39 Å². The third-order valence-corrected chi connectivity index (χ3v) is 2.05. The molecule has 0 fully saturated rings. The van der Waals surface area contributed by atoms with E-state index < -0.39 is 11.6 Å². The average molecular weight is 239 g/mol. The van der Waals surface area contributed by atoms with Gasteiger partial charge in [-0.3, -0.25) is 0 Å². The number of hydrogen-bond donors (Lipinski definition) is 0. The number of hydrogen-bond acceptors (Lipinski definition) is 2. The van der Waals surface area contributed by atoms with Crippen LogP contribution in [-0.4, -0.2) is 13.7 Å². The fourth-order valence-electron chi connectivity index (χ4n) is 1.22. The van der Waals surface area contributed by atoms with E-state index in [1.54, 1.807) is 6.08 Å². The maximum absolute atomic E-state index is 13.4. The van der Waals surface area contributed by atoms with Crippen LogP contribution in [-0.2, 0) is 0 Å². The molecule has 0 radical (unpaired) electrons. The molecule has 0 atom stereocenters. The highest BCUT2D eigenvalue weighted by atomic mass is 19.2. The summed E-state index contributed by atoms with van der Waals surface area (Å²) in [6.07, 6.45) is 3.51. The summed E-state index contributed by atoms with van der Waals surface area (Å²) < 4.78 is 31.4. The first-order valence-electron chi connectivity index (χ1n) is 4.90. The van der Waals surface area contributed by atoms with Gasteiger partial charge in [0.15, 0.2) is 11.6 Å². The van der Waals surface area contributed by atoms with Crippen LogP contribution in [0, 0.1) is 11.6 Å². The van der Waals surface area contributed by atoms with Crippen molar-refractivity contribution in [3.05, 3.63) is 45.8 Å². The molecule has 0 saturated heterocycles. The Balaban J connectivity index is 2.78. The van der Waals surface area contributed by atoms with Crippen molar-refractivity contribution >= 4 is 6.08 Å². The van der Waals surface area contributed by atoms with Crippen LogP contribution in [0.4, 0.5) is 8.78 Å². The van der Waals surface area contributed by atoms with Gasteiger partial charge in [-0.05, 0) is 24.1 Å². The van der Waals surface area contributed by atoms with Crippen LogP contribution in [0.3, 0.4) is 0 Å². The Morgan fingerprint density at radius 3 is 2.82 bits per heavy atom. The topological polar surface area (TPSA) is 58.0 Å². The lowest BCUT2D eigenvalue weighted by Crippen LogP contribution is -1.94. The molecule has 0 aliphatic heterocycles. The number of methoxy groups -OCH3 is 1. The van der Waals surface area contributed by atoms with Gasteiger partial charge in [0.2, 0.25) is 5.82 Å². The highest BCUT2D eigenvalue weighted by Gasteiger charge is 2.11. The quantitative estimate of drug-likeness (QED) is 0.334. The third kappa shape index (κ3) is 3.46. The maximum atomic E-state index is 13.4. The number of rotatable bonds is 5. The van der Waals surface area contributed by atoms with Gasteiger partial charge in [0.25, 0.3) is 0 Å². The zero-order valence-corrected chi connectivity index (χ0v) is 9.23. The Bertz CT molecular complexity index is 468. The summed E-state index contributed by atoms with van der Waals surface area (Å²) in [4.78, 5) is 2.58. The van der Waals surface area contributed by atoms with Crippen LogP contribution in [0.2, 0.25) is 0 Å². The summed E-state index contributed by atoms with van der Waals surface area (Å²) in [7, 11) is 1.27. The number of nitrogens with zero attached hydrogens (tertiary/aromatic N) is 3. The molecule has 0 spiro atoms. The van der Waals surface area contributed by atoms with Crippen LogP contribution in [0.15, 0.2) is 23.3 Å². The molecule has 17 heavy (non-hydrogen) atoms. The van der Waals surface area contributed by atoms with Gasteiger partial charge in [-0.15, -0.1) is 0 Å². The zero-order chi connectivity index (χ0) is 12.7. The van der Waals surface area contributed by atoms with Gasteiger partial charge in [-0.25, -0.2) is 4.39 Å². The lowest BCUT2D eigenvalue weighted by molar-refractivity contribution is 0.371. The summed E-state index contributed by atoms with van der Waals surface area (Å²) in [6.45, 7) is 0.285. The third-order valence-electron chi connectivity index (χ3n) is 2.05. The molecule has 0 aromatic heterocycles. The number of halogens is 2. The second-order valence-electron chi connectivity index (χ2n) is 3.13. The molecule has 0 aliphatic carbocycles. The van der Waals surface area contributed by atoms with E-state index in [0.29, 0.717) is 6.42 Å². The summed E-state index contributed by atoms with van der Waals surface area (Å²) in [5, 5.41) is 3.31. The number of benzene rings is 1. The molecule has 0 aliphatic rings. The first kappa shape index (κ1) is 13.0. The minimum Gasteiger partial charge on any atom is -0.494 e. The van der Waals surface area contributed by atoms with Gasteiger partial charge in [0, 0.05) is 17.0 Å². The minimum atomic E-state index is -1.01. The first-order valence-corrected chi connectivity index (χ1v) is 4.90.